The molecule has 0 saturated heterocycles. The van der Waals surface area contributed by atoms with E-state index in [0.717, 1.165) is 0 Å². The molecule has 0 spiro atoms. The molecule has 4 amide bonds. The molecule has 184 valence electrons. The zero-order chi connectivity index (χ0) is 25.0. The molecule has 12 heteroatoms. The summed E-state index contributed by atoms with van der Waals surface area (Å²) in [6.45, 7) is 4.75. The van der Waals surface area contributed by atoms with E-state index in [1.54, 1.807) is 32.9 Å². The number of hydrogen-bond donors (Lipinski definition) is 6. The number of rotatable bonds is 11. The van der Waals surface area contributed by atoms with Crippen LogP contribution in [0.2, 0.25) is 0 Å². The Balaban J connectivity index is 2.99. The van der Waals surface area contributed by atoms with Gasteiger partial charge in [0.15, 0.2) is 0 Å². The second-order valence-corrected chi connectivity index (χ2v) is 9.18. The Morgan fingerprint density at radius 1 is 1.06 bits per heavy atom. The van der Waals surface area contributed by atoms with E-state index in [1.165, 1.54) is 23.9 Å². The van der Waals surface area contributed by atoms with Crippen molar-refractivity contribution in [1.29, 1.82) is 0 Å². The van der Waals surface area contributed by atoms with Gasteiger partial charge < -0.3 is 25.8 Å². The molecular weight excluding hydrogens is 450 g/mol. The van der Waals surface area contributed by atoms with Crippen molar-refractivity contribution in [3.63, 3.8) is 0 Å². The maximum atomic E-state index is 13.1. The lowest BCUT2D eigenvalue weighted by Crippen LogP contribution is -2.55. The number of carbonyl (C=O) groups is 4. The van der Waals surface area contributed by atoms with Crippen LogP contribution in [0.25, 0.3) is 0 Å². The van der Waals surface area contributed by atoms with Gasteiger partial charge in [-0.05, 0) is 56.9 Å². The Labute approximate surface area is 197 Å². The Bertz CT molecular complexity index is 812. The molecular formula is C21H33N5O6S. The second kappa shape index (κ2) is 13.5. The van der Waals surface area contributed by atoms with Crippen molar-refractivity contribution in [3.8, 4) is 5.75 Å². The van der Waals surface area contributed by atoms with E-state index in [-0.39, 0.29) is 18.7 Å². The molecule has 0 radical (unpaired) electrons. The van der Waals surface area contributed by atoms with Crippen molar-refractivity contribution in [3.05, 3.63) is 29.8 Å². The van der Waals surface area contributed by atoms with Gasteiger partial charge in [-0.15, -0.1) is 0 Å². The third kappa shape index (κ3) is 11.4. The van der Waals surface area contributed by atoms with Gasteiger partial charge in [0, 0.05) is 6.42 Å². The SMILES string of the molecule is CSCC[C@@H](NC(=O)[C@@H](Cc1ccc(O)cc1)NC(=O)OC(C)(C)C)C(=O)NCC(=O)NN. The highest BCUT2D eigenvalue weighted by molar-refractivity contribution is 7.98. The van der Waals surface area contributed by atoms with Crippen molar-refractivity contribution >= 4 is 35.6 Å². The number of nitrogens with two attached hydrogens (primary N) is 1. The average molecular weight is 484 g/mol. The Hall–Kier alpha value is -2.99. The molecule has 7 N–H and O–H groups in total. The van der Waals surface area contributed by atoms with E-state index in [0.29, 0.717) is 17.7 Å². The van der Waals surface area contributed by atoms with E-state index in [4.69, 9.17) is 10.6 Å². The number of nitrogens with one attached hydrogen (secondary N) is 4. The van der Waals surface area contributed by atoms with Gasteiger partial charge in [0.2, 0.25) is 11.8 Å². The number of aromatic hydroxyl groups is 1. The average Bonchev–Trinajstić information content (AvgIpc) is 2.74. The summed E-state index contributed by atoms with van der Waals surface area (Å²) in [6.07, 6.45) is 1.47. The van der Waals surface area contributed by atoms with Gasteiger partial charge in [0.25, 0.3) is 5.91 Å². The highest BCUT2D eigenvalue weighted by Crippen LogP contribution is 2.13. The van der Waals surface area contributed by atoms with E-state index < -0.39 is 41.5 Å². The van der Waals surface area contributed by atoms with Crippen LogP contribution in [0.1, 0.15) is 32.8 Å². The molecule has 33 heavy (non-hydrogen) atoms. The number of ether oxygens (including phenoxy) is 1. The monoisotopic (exact) mass is 483 g/mol. The fourth-order valence-electron chi connectivity index (χ4n) is 2.65. The number of thioether (sulfide) groups is 1. The molecule has 11 nitrogen and oxygen atoms in total. The maximum Gasteiger partial charge on any atom is 0.408 e. The van der Waals surface area contributed by atoms with Gasteiger partial charge in [-0.3, -0.25) is 19.8 Å². The summed E-state index contributed by atoms with van der Waals surface area (Å²) in [5.41, 5.74) is 1.81. The number of phenols is 1. The molecule has 0 heterocycles. The summed E-state index contributed by atoms with van der Waals surface area (Å²) < 4.78 is 5.26. The van der Waals surface area contributed by atoms with Gasteiger partial charge in [0.05, 0.1) is 6.54 Å². The summed E-state index contributed by atoms with van der Waals surface area (Å²) >= 11 is 1.49. The smallest absolute Gasteiger partial charge is 0.408 e. The van der Waals surface area contributed by atoms with Crippen LogP contribution in [0, 0.1) is 0 Å². The fourth-order valence-corrected chi connectivity index (χ4v) is 3.12. The highest BCUT2D eigenvalue weighted by atomic mass is 32.2. The topological polar surface area (TPSA) is 172 Å². The third-order valence-corrected chi connectivity index (χ3v) is 4.86. The first kappa shape index (κ1) is 28.0. The minimum atomic E-state index is -1.05. The first-order chi connectivity index (χ1) is 15.4. The van der Waals surface area contributed by atoms with Crippen LogP contribution in [-0.2, 0) is 25.5 Å². The Morgan fingerprint density at radius 3 is 2.24 bits per heavy atom. The standard InChI is InChI=1S/C21H33N5O6S/c1-21(2,3)32-20(31)25-16(11-13-5-7-14(27)8-6-13)19(30)24-15(9-10-33-4)18(29)23-12-17(28)26-22/h5-8,15-16,27H,9-12,22H2,1-4H3,(H,23,29)(H,24,30)(H,25,31)(H,26,28)/t15-,16-/m1/s1. The molecule has 0 aliphatic rings. The second-order valence-electron chi connectivity index (χ2n) is 8.20. The van der Waals surface area contributed by atoms with Crippen LogP contribution in [0.4, 0.5) is 4.79 Å². The zero-order valence-electron chi connectivity index (χ0n) is 19.3. The summed E-state index contributed by atoms with van der Waals surface area (Å²) in [6, 6.07) is 4.19. The first-order valence-corrected chi connectivity index (χ1v) is 11.7. The largest absolute Gasteiger partial charge is 0.508 e. The van der Waals surface area contributed by atoms with Gasteiger partial charge in [-0.1, -0.05) is 12.1 Å². The van der Waals surface area contributed by atoms with Gasteiger partial charge in [0.1, 0.15) is 23.4 Å². The lowest BCUT2D eigenvalue weighted by molar-refractivity contribution is -0.131. The predicted molar refractivity (Wildman–Crippen MR) is 125 cm³/mol. The number of hydrogen-bond acceptors (Lipinski definition) is 8. The van der Waals surface area contributed by atoms with Crippen LogP contribution in [0.15, 0.2) is 24.3 Å². The summed E-state index contributed by atoms with van der Waals surface area (Å²) in [7, 11) is 0. The maximum absolute atomic E-state index is 13.1. The molecule has 0 unspecified atom stereocenters. The summed E-state index contributed by atoms with van der Waals surface area (Å²) in [4.78, 5) is 49.3. The molecule has 0 saturated carbocycles. The van der Waals surface area contributed by atoms with E-state index in [1.807, 2.05) is 11.7 Å². The lowest BCUT2D eigenvalue weighted by Gasteiger charge is -2.25. The molecule has 0 aliphatic carbocycles. The quantitative estimate of drug-likeness (QED) is 0.147. The van der Waals surface area contributed by atoms with Crippen molar-refractivity contribution < 1.29 is 29.0 Å². The zero-order valence-corrected chi connectivity index (χ0v) is 20.1. The van der Waals surface area contributed by atoms with Crippen molar-refractivity contribution in [1.82, 2.24) is 21.4 Å². The number of phenolic OH excluding ortho intramolecular Hbond substituents is 1. The van der Waals surface area contributed by atoms with Gasteiger partial charge in [-0.25, -0.2) is 10.6 Å². The predicted octanol–water partition coefficient (Wildman–Crippen LogP) is 0.172. The molecule has 0 bridgehead atoms. The molecule has 0 aliphatic heterocycles. The molecule has 1 aromatic carbocycles. The van der Waals surface area contributed by atoms with Crippen LogP contribution in [-0.4, -0.2) is 65.2 Å². The summed E-state index contributed by atoms with van der Waals surface area (Å²) in [5.74, 6) is 3.91. The van der Waals surface area contributed by atoms with Gasteiger partial charge >= 0.3 is 6.09 Å². The van der Waals surface area contributed by atoms with E-state index >= 15 is 0 Å². The van der Waals surface area contributed by atoms with Gasteiger partial charge in [-0.2, -0.15) is 11.8 Å². The van der Waals surface area contributed by atoms with E-state index in [9.17, 15) is 24.3 Å². The number of hydrazine groups is 1. The van der Waals surface area contributed by atoms with Crippen molar-refractivity contribution in [2.24, 2.45) is 5.84 Å². The third-order valence-electron chi connectivity index (χ3n) is 4.21. The van der Waals surface area contributed by atoms with Crippen molar-refractivity contribution in [2.45, 2.75) is 51.3 Å². The highest BCUT2D eigenvalue weighted by Gasteiger charge is 2.28. The lowest BCUT2D eigenvalue weighted by atomic mass is 10.0. The van der Waals surface area contributed by atoms with Crippen LogP contribution in [0.5, 0.6) is 5.75 Å². The number of amides is 4. The molecule has 1 aromatic rings. The van der Waals surface area contributed by atoms with Crippen LogP contribution < -0.4 is 27.2 Å². The normalized spacial score (nSPS) is 12.8. The number of carbonyl (C=O) groups excluding carboxylic acids is 4. The Kier molecular flexibility index (Phi) is 11.5. The Morgan fingerprint density at radius 2 is 1.70 bits per heavy atom. The summed E-state index contributed by atoms with van der Waals surface area (Å²) in [5, 5.41) is 17.1. The number of alkyl carbamates (subject to hydrolysis) is 1. The fraction of sp³-hybridized carbons (Fsp3) is 0.524. The first-order valence-electron chi connectivity index (χ1n) is 10.3. The number of benzene rings is 1. The molecule has 0 fully saturated rings. The van der Waals surface area contributed by atoms with Crippen molar-refractivity contribution in [2.75, 3.05) is 18.6 Å². The van der Waals surface area contributed by atoms with Crippen LogP contribution >= 0.6 is 11.8 Å². The molecule has 1 rings (SSSR count). The van der Waals surface area contributed by atoms with Crippen LogP contribution in [0.3, 0.4) is 0 Å². The minimum absolute atomic E-state index is 0.0650. The van der Waals surface area contributed by atoms with E-state index in [2.05, 4.69) is 16.0 Å². The minimum Gasteiger partial charge on any atom is -0.508 e. The molecule has 0 aromatic heterocycles. The molecule has 2 atom stereocenters.